The van der Waals surface area contributed by atoms with Crippen LogP contribution in [0.25, 0.3) is 23.5 Å². The normalized spacial score (nSPS) is 12.7. The van der Waals surface area contributed by atoms with E-state index in [-0.39, 0.29) is 0 Å². The summed E-state index contributed by atoms with van der Waals surface area (Å²) in [6.45, 7) is 16.3. The Morgan fingerprint density at radius 3 is 2.43 bits per heavy atom. The molecule has 0 aliphatic heterocycles. The molecule has 1 aromatic heterocycles. The number of nitrogens with zero attached hydrogens (tertiary/aromatic N) is 1. The van der Waals surface area contributed by atoms with Crippen LogP contribution in [0.4, 0.5) is 0 Å². The Labute approximate surface area is 139 Å². The molecule has 2 heteroatoms. The zero-order valence-corrected chi connectivity index (χ0v) is 14.7. The number of imidazole rings is 1. The van der Waals surface area contributed by atoms with E-state index in [1.807, 2.05) is 13.0 Å². The minimum atomic E-state index is 0.828. The number of aromatic amines is 1. The molecule has 2 aromatic rings. The first kappa shape index (κ1) is 17.0. The zero-order chi connectivity index (χ0) is 17.0. The van der Waals surface area contributed by atoms with Crippen molar-refractivity contribution in [1.82, 2.24) is 9.97 Å². The number of nitrogens with one attached hydrogen (secondary N) is 1. The van der Waals surface area contributed by atoms with Crippen LogP contribution in [0, 0.1) is 13.8 Å². The van der Waals surface area contributed by atoms with E-state index in [4.69, 9.17) is 4.98 Å². The topological polar surface area (TPSA) is 28.7 Å². The van der Waals surface area contributed by atoms with Crippen molar-refractivity contribution < 1.29 is 0 Å². The summed E-state index contributed by atoms with van der Waals surface area (Å²) < 4.78 is 0. The minimum absolute atomic E-state index is 0.828. The second kappa shape index (κ2) is 7.28. The summed E-state index contributed by atoms with van der Waals surface area (Å²) in [6.07, 6.45) is 7.74. The van der Waals surface area contributed by atoms with Crippen molar-refractivity contribution in [2.75, 3.05) is 0 Å². The molecule has 0 atom stereocenters. The highest BCUT2D eigenvalue weighted by molar-refractivity contribution is 5.65. The molecule has 1 aromatic carbocycles. The zero-order valence-electron chi connectivity index (χ0n) is 14.7. The molecular formula is C21H26N2. The number of hydrogen-bond donors (Lipinski definition) is 1. The Morgan fingerprint density at radius 2 is 1.91 bits per heavy atom. The van der Waals surface area contributed by atoms with E-state index in [1.54, 1.807) is 6.08 Å². The van der Waals surface area contributed by atoms with E-state index in [0.717, 1.165) is 34.9 Å². The number of aromatic nitrogens is 2. The van der Waals surface area contributed by atoms with Crippen molar-refractivity contribution in [1.29, 1.82) is 0 Å². The highest BCUT2D eigenvalue weighted by Crippen LogP contribution is 2.24. The van der Waals surface area contributed by atoms with Gasteiger partial charge in [0.2, 0.25) is 0 Å². The first-order chi connectivity index (χ1) is 11.0. The molecule has 0 aliphatic rings. The van der Waals surface area contributed by atoms with Crippen molar-refractivity contribution in [3.8, 4) is 11.4 Å². The van der Waals surface area contributed by atoms with Gasteiger partial charge in [-0.15, -0.1) is 0 Å². The maximum absolute atomic E-state index is 4.82. The molecule has 0 fully saturated rings. The summed E-state index contributed by atoms with van der Waals surface area (Å²) in [5, 5.41) is 1.95. The van der Waals surface area contributed by atoms with Crippen LogP contribution in [0.15, 0.2) is 36.9 Å². The fourth-order valence-electron chi connectivity index (χ4n) is 2.82. The molecular weight excluding hydrogens is 280 g/mol. The Morgan fingerprint density at radius 1 is 1.26 bits per heavy atom. The molecule has 120 valence electrons. The molecule has 0 amide bonds. The summed E-state index contributed by atoms with van der Waals surface area (Å²) in [5.41, 5.74) is 6.19. The van der Waals surface area contributed by atoms with Crippen LogP contribution in [0.1, 0.15) is 37.0 Å². The monoisotopic (exact) mass is 306 g/mol. The average Bonchev–Trinajstić information content (AvgIpc) is 2.87. The van der Waals surface area contributed by atoms with Crippen molar-refractivity contribution in [2.45, 2.75) is 40.5 Å². The fraction of sp³-hybridized carbons (Fsp3) is 0.286. The standard InChI is InChI=1S/C21H26N2/c1-7-9-18-19(11-10-14(3)4)23-21(22-18)20-15(5)12-17(8-2)13-16(20)6/h7,9,11-13H,1,3,8,10H2,2,4-6H3,(H,22,23)/b18-9+,19-11+. The van der Waals surface area contributed by atoms with Crippen molar-refractivity contribution in [3.63, 3.8) is 0 Å². The van der Waals surface area contributed by atoms with Crippen molar-refractivity contribution >= 4 is 12.2 Å². The largest absolute Gasteiger partial charge is 0.338 e. The van der Waals surface area contributed by atoms with Crippen LogP contribution in [0.2, 0.25) is 0 Å². The van der Waals surface area contributed by atoms with E-state index in [0.29, 0.717) is 0 Å². The van der Waals surface area contributed by atoms with Gasteiger partial charge in [-0.25, -0.2) is 4.98 Å². The van der Waals surface area contributed by atoms with Crippen molar-refractivity contribution in [3.05, 3.63) is 64.3 Å². The molecule has 0 bridgehead atoms. The second-order valence-electron chi connectivity index (χ2n) is 6.11. The smallest absolute Gasteiger partial charge is 0.139 e. The van der Waals surface area contributed by atoms with Crippen LogP contribution in [0.3, 0.4) is 0 Å². The first-order valence-corrected chi connectivity index (χ1v) is 8.10. The molecule has 0 aliphatic carbocycles. The Bertz CT molecular complexity index is 827. The third-order valence-electron chi connectivity index (χ3n) is 3.93. The molecule has 23 heavy (non-hydrogen) atoms. The van der Waals surface area contributed by atoms with Gasteiger partial charge in [-0.1, -0.05) is 49.9 Å². The molecule has 2 nitrogen and oxygen atoms in total. The fourth-order valence-corrected chi connectivity index (χ4v) is 2.82. The number of aryl methyl sites for hydroxylation is 3. The lowest BCUT2D eigenvalue weighted by molar-refractivity contribution is 1.12. The SMILES string of the molecule is C=C/C=c1/[nH]c(-c2c(C)cc(CC)cc2C)n/c1=C/CC(=C)C. The van der Waals surface area contributed by atoms with E-state index < -0.39 is 0 Å². The first-order valence-electron chi connectivity index (χ1n) is 8.10. The van der Waals surface area contributed by atoms with Gasteiger partial charge in [-0.2, -0.15) is 0 Å². The summed E-state index contributed by atoms with van der Waals surface area (Å²) >= 11 is 0. The molecule has 1 heterocycles. The van der Waals surface area contributed by atoms with E-state index in [1.165, 1.54) is 22.3 Å². The molecule has 0 saturated heterocycles. The maximum Gasteiger partial charge on any atom is 0.139 e. The Balaban J connectivity index is 2.64. The molecule has 0 radical (unpaired) electrons. The van der Waals surface area contributed by atoms with E-state index in [2.05, 4.69) is 57.1 Å². The van der Waals surface area contributed by atoms with Crippen molar-refractivity contribution in [2.24, 2.45) is 0 Å². The van der Waals surface area contributed by atoms with E-state index in [9.17, 15) is 0 Å². The van der Waals surface area contributed by atoms with Crippen LogP contribution in [0.5, 0.6) is 0 Å². The van der Waals surface area contributed by atoms with Gasteiger partial charge in [0, 0.05) is 5.56 Å². The second-order valence-corrected chi connectivity index (χ2v) is 6.11. The highest BCUT2D eigenvalue weighted by Gasteiger charge is 2.10. The third kappa shape index (κ3) is 3.89. The molecule has 0 unspecified atom stereocenters. The number of allylic oxidation sites excluding steroid dienone is 2. The highest BCUT2D eigenvalue weighted by atomic mass is 14.9. The molecule has 1 N–H and O–H groups in total. The minimum Gasteiger partial charge on any atom is -0.338 e. The molecule has 0 saturated carbocycles. The van der Waals surface area contributed by atoms with Crippen LogP contribution < -0.4 is 10.7 Å². The van der Waals surface area contributed by atoms with Crippen LogP contribution >= 0.6 is 0 Å². The quantitative estimate of drug-likeness (QED) is 0.832. The van der Waals surface area contributed by atoms with Gasteiger partial charge in [-0.05, 0) is 56.4 Å². The van der Waals surface area contributed by atoms with Gasteiger partial charge in [0.1, 0.15) is 5.82 Å². The average molecular weight is 306 g/mol. The Kier molecular flexibility index (Phi) is 5.38. The van der Waals surface area contributed by atoms with Gasteiger partial charge in [0.05, 0.1) is 10.7 Å². The molecule has 0 spiro atoms. The van der Waals surface area contributed by atoms with Crippen LogP contribution in [-0.4, -0.2) is 9.97 Å². The summed E-state index contributed by atoms with van der Waals surface area (Å²) in [6, 6.07) is 4.50. The van der Waals surface area contributed by atoms with Gasteiger partial charge >= 0.3 is 0 Å². The predicted octanol–water partition coefficient (Wildman–Crippen LogP) is 3.97. The Hall–Kier alpha value is -2.35. The lowest BCUT2D eigenvalue weighted by Gasteiger charge is -2.09. The summed E-state index contributed by atoms with van der Waals surface area (Å²) in [4.78, 5) is 8.26. The summed E-state index contributed by atoms with van der Waals surface area (Å²) in [5.74, 6) is 0.920. The maximum atomic E-state index is 4.82. The van der Waals surface area contributed by atoms with Gasteiger partial charge in [0.25, 0.3) is 0 Å². The molecule has 2 rings (SSSR count). The summed E-state index contributed by atoms with van der Waals surface area (Å²) in [7, 11) is 0. The lowest BCUT2D eigenvalue weighted by atomic mass is 9.98. The van der Waals surface area contributed by atoms with Gasteiger partial charge in [0.15, 0.2) is 0 Å². The van der Waals surface area contributed by atoms with Gasteiger partial charge in [-0.3, -0.25) is 0 Å². The predicted molar refractivity (Wildman–Crippen MR) is 101 cm³/mol. The third-order valence-corrected chi connectivity index (χ3v) is 3.93. The van der Waals surface area contributed by atoms with E-state index >= 15 is 0 Å². The number of hydrogen-bond acceptors (Lipinski definition) is 1. The lowest BCUT2D eigenvalue weighted by Crippen LogP contribution is -2.23. The van der Waals surface area contributed by atoms with Crippen LogP contribution in [-0.2, 0) is 6.42 Å². The number of H-pyrrole nitrogens is 1. The number of benzene rings is 1. The number of rotatable bonds is 5. The van der Waals surface area contributed by atoms with Gasteiger partial charge < -0.3 is 4.98 Å².